The summed E-state index contributed by atoms with van der Waals surface area (Å²) < 4.78 is 9.00. The molecule has 5 rings (SSSR count). The Labute approximate surface area is 189 Å². The van der Waals surface area contributed by atoms with Crippen LogP contribution in [-0.2, 0) is 17.9 Å². The van der Waals surface area contributed by atoms with Gasteiger partial charge in [-0.25, -0.2) is 9.67 Å². The molecule has 0 radical (unpaired) electrons. The molecule has 2 fully saturated rings. The third-order valence-electron chi connectivity index (χ3n) is 5.99. The first-order valence-electron chi connectivity index (χ1n) is 10.7. The SMILES string of the molecule is CC(=O)N1CCN(Cc2cccnc2Oc2ccc3c(nnn3CC3CC3)c2Br)CC1. The highest BCUT2D eigenvalue weighted by Gasteiger charge is 2.24. The molecule has 0 N–H and O–H groups in total. The molecular weight excluding hydrogens is 460 g/mol. The number of pyridine rings is 1. The summed E-state index contributed by atoms with van der Waals surface area (Å²) in [4.78, 5) is 20.3. The highest BCUT2D eigenvalue weighted by Crippen LogP contribution is 2.37. The zero-order valence-electron chi connectivity index (χ0n) is 17.5. The molecule has 3 heterocycles. The quantitative estimate of drug-likeness (QED) is 0.533. The molecule has 0 spiro atoms. The summed E-state index contributed by atoms with van der Waals surface area (Å²) in [5.41, 5.74) is 2.83. The van der Waals surface area contributed by atoms with Gasteiger partial charge in [-0.1, -0.05) is 11.3 Å². The fourth-order valence-electron chi connectivity index (χ4n) is 3.95. The van der Waals surface area contributed by atoms with Crippen molar-refractivity contribution in [2.75, 3.05) is 26.2 Å². The number of nitrogens with zero attached hydrogens (tertiary/aromatic N) is 6. The predicted octanol–water partition coefficient (Wildman–Crippen LogP) is 3.46. The Morgan fingerprint density at radius 2 is 2.00 bits per heavy atom. The van der Waals surface area contributed by atoms with E-state index in [4.69, 9.17) is 4.74 Å². The number of hydrogen-bond acceptors (Lipinski definition) is 6. The Hall–Kier alpha value is -2.52. The largest absolute Gasteiger partial charge is 0.437 e. The molecular formula is C22H25BrN6O2. The number of carbonyl (C=O) groups is 1. The first-order chi connectivity index (χ1) is 15.1. The van der Waals surface area contributed by atoms with Crippen molar-refractivity contribution in [2.45, 2.75) is 32.9 Å². The van der Waals surface area contributed by atoms with Crippen LogP contribution < -0.4 is 4.74 Å². The highest BCUT2D eigenvalue weighted by molar-refractivity contribution is 9.10. The van der Waals surface area contributed by atoms with Crippen LogP contribution in [0.1, 0.15) is 25.3 Å². The molecule has 1 aliphatic carbocycles. The van der Waals surface area contributed by atoms with E-state index >= 15 is 0 Å². The number of fused-ring (bicyclic) bond motifs is 1. The van der Waals surface area contributed by atoms with Crippen molar-refractivity contribution >= 4 is 32.9 Å². The molecule has 2 aromatic heterocycles. The standard InChI is InChI=1S/C22H25BrN6O2/c1-15(30)28-11-9-27(10-12-28)14-17-3-2-8-24-22(17)31-19-7-6-18-21(20(19)23)25-26-29(18)13-16-4-5-16/h2-3,6-8,16H,4-5,9-14H2,1H3. The van der Waals surface area contributed by atoms with Crippen LogP contribution in [0.4, 0.5) is 0 Å². The van der Waals surface area contributed by atoms with Gasteiger partial charge in [0.15, 0.2) is 0 Å². The molecule has 162 valence electrons. The molecule has 1 aliphatic heterocycles. The van der Waals surface area contributed by atoms with Crippen molar-refractivity contribution in [1.82, 2.24) is 29.8 Å². The second kappa shape index (κ2) is 8.55. The Kier molecular flexibility index (Phi) is 5.62. The van der Waals surface area contributed by atoms with Gasteiger partial charge in [0.1, 0.15) is 11.3 Å². The first kappa shape index (κ1) is 20.4. The number of ether oxygens (including phenoxy) is 1. The summed E-state index contributed by atoms with van der Waals surface area (Å²) in [6.45, 7) is 6.47. The average Bonchev–Trinajstić information content (AvgIpc) is 3.50. The Morgan fingerprint density at radius 3 is 2.74 bits per heavy atom. The molecule has 0 atom stereocenters. The van der Waals surface area contributed by atoms with Gasteiger partial charge < -0.3 is 9.64 Å². The zero-order chi connectivity index (χ0) is 21.4. The van der Waals surface area contributed by atoms with Crippen LogP contribution in [0.25, 0.3) is 11.0 Å². The van der Waals surface area contributed by atoms with Gasteiger partial charge in [-0.05, 0) is 52.9 Å². The van der Waals surface area contributed by atoms with E-state index in [1.807, 2.05) is 33.8 Å². The lowest BCUT2D eigenvalue weighted by Gasteiger charge is -2.34. The number of carbonyl (C=O) groups excluding carboxylic acids is 1. The molecule has 0 unspecified atom stereocenters. The smallest absolute Gasteiger partial charge is 0.223 e. The van der Waals surface area contributed by atoms with Gasteiger partial charge in [0.2, 0.25) is 11.8 Å². The van der Waals surface area contributed by atoms with Crippen molar-refractivity contribution in [1.29, 1.82) is 0 Å². The molecule has 3 aromatic rings. The molecule has 1 aromatic carbocycles. The van der Waals surface area contributed by atoms with Crippen molar-refractivity contribution in [3.05, 3.63) is 40.5 Å². The van der Waals surface area contributed by atoms with Crippen LogP contribution in [0, 0.1) is 5.92 Å². The Bertz CT molecular complexity index is 1100. The summed E-state index contributed by atoms with van der Waals surface area (Å²) in [6, 6.07) is 7.93. The second-order valence-electron chi connectivity index (χ2n) is 8.31. The van der Waals surface area contributed by atoms with Crippen LogP contribution in [0.3, 0.4) is 0 Å². The van der Waals surface area contributed by atoms with Gasteiger partial charge in [-0.15, -0.1) is 5.10 Å². The van der Waals surface area contributed by atoms with E-state index in [0.717, 1.165) is 66.3 Å². The van der Waals surface area contributed by atoms with E-state index in [-0.39, 0.29) is 5.91 Å². The predicted molar refractivity (Wildman–Crippen MR) is 120 cm³/mol. The second-order valence-corrected chi connectivity index (χ2v) is 9.11. The van der Waals surface area contributed by atoms with Crippen LogP contribution in [0.2, 0.25) is 0 Å². The summed E-state index contributed by atoms with van der Waals surface area (Å²) in [5.74, 6) is 2.13. The number of rotatable bonds is 6. The minimum atomic E-state index is 0.138. The lowest BCUT2D eigenvalue weighted by atomic mass is 10.2. The van der Waals surface area contributed by atoms with E-state index in [1.54, 1.807) is 13.1 Å². The van der Waals surface area contributed by atoms with Crippen molar-refractivity contribution < 1.29 is 9.53 Å². The number of aromatic nitrogens is 4. The van der Waals surface area contributed by atoms with Gasteiger partial charge >= 0.3 is 0 Å². The zero-order valence-corrected chi connectivity index (χ0v) is 19.1. The van der Waals surface area contributed by atoms with Crippen molar-refractivity contribution in [2.24, 2.45) is 5.92 Å². The van der Waals surface area contributed by atoms with Crippen LogP contribution in [0.15, 0.2) is 34.9 Å². The number of hydrogen-bond donors (Lipinski definition) is 0. The monoisotopic (exact) mass is 484 g/mol. The fraction of sp³-hybridized carbons (Fsp3) is 0.455. The van der Waals surface area contributed by atoms with Crippen molar-refractivity contribution in [3.8, 4) is 11.6 Å². The van der Waals surface area contributed by atoms with Crippen LogP contribution in [-0.4, -0.2) is 61.9 Å². The number of piperazine rings is 1. The maximum atomic E-state index is 11.6. The van der Waals surface area contributed by atoms with E-state index < -0.39 is 0 Å². The lowest BCUT2D eigenvalue weighted by molar-refractivity contribution is -0.130. The topological polar surface area (TPSA) is 76.4 Å². The first-order valence-corrected chi connectivity index (χ1v) is 11.5. The molecule has 2 aliphatic rings. The maximum Gasteiger partial charge on any atom is 0.223 e. The molecule has 31 heavy (non-hydrogen) atoms. The third kappa shape index (κ3) is 4.43. The van der Waals surface area contributed by atoms with Gasteiger partial charge in [0.25, 0.3) is 0 Å². The number of benzene rings is 1. The van der Waals surface area contributed by atoms with Gasteiger partial charge in [-0.3, -0.25) is 9.69 Å². The molecule has 1 saturated carbocycles. The highest BCUT2D eigenvalue weighted by atomic mass is 79.9. The molecule has 8 nitrogen and oxygen atoms in total. The number of halogens is 1. The Balaban J connectivity index is 1.33. The van der Waals surface area contributed by atoms with E-state index in [0.29, 0.717) is 11.6 Å². The van der Waals surface area contributed by atoms with Crippen LogP contribution >= 0.6 is 15.9 Å². The molecule has 0 bridgehead atoms. The van der Waals surface area contributed by atoms with Gasteiger partial charge in [-0.2, -0.15) is 0 Å². The normalized spacial score (nSPS) is 17.3. The third-order valence-corrected chi connectivity index (χ3v) is 6.75. The lowest BCUT2D eigenvalue weighted by Crippen LogP contribution is -2.47. The van der Waals surface area contributed by atoms with E-state index in [1.165, 1.54) is 12.8 Å². The summed E-state index contributed by atoms with van der Waals surface area (Å²) in [5, 5.41) is 8.69. The van der Waals surface area contributed by atoms with Crippen molar-refractivity contribution in [3.63, 3.8) is 0 Å². The van der Waals surface area contributed by atoms with Gasteiger partial charge in [0.05, 0.1) is 9.99 Å². The average molecular weight is 485 g/mol. The summed E-state index contributed by atoms with van der Waals surface area (Å²) >= 11 is 3.66. The minimum absolute atomic E-state index is 0.138. The fourth-order valence-corrected chi connectivity index (χ4v) is 4.44. The maximum absolute atomic E-state index is 11.6. The van der Waals surface area contributed by atoms with E-state index in [9.17, 15) is 4.79 Å². The number of amides is 1. The van der Waals surface area contributed by atoms with Gasteiger partial charge in [0, 0.05) is 58.0 Å². The van der Waals surface area contributed by atoms with E-state index in [2.05, 4.69) is 36.1 Å². The summed E-state index contributed by atoms with van der Waals surface area (Å²) in [6.07, 6.45) is 4.29. The Morgan fingerprint density at radius 1 is 1.19 bits per heavy atom. The minimum Gasteiger partial charge on any atom is -0.437 e. The molecule has 1 saturated heterocycles. The summed E-state index contributed by atoms with van der Waals surface area (Å²) in [7, 11) is 0. The van der Waals surface area contributed by atoms with Crippen LogP contribution in [0.5, 0.6) is 11.6 Å². The molecule has 9 heteroatoms. The molecule has 1 amide bonds.